The molecule has 0 saturated carbocycles. The lowest BCUT2D eigenvalue weighted by molar-refractivity contribution is -0.121. The summed E-state index contributed by atoms with van der Waals surface area (Å²) in [4.78, 5) is 14.2. The van der Waals surface area contributed by atoms with Crippen molar-refractivity contribution in [2.75, 3.05) is 6.54 Å². The van der Waals surface area contributed by atoms with Crippen molar-refractivity contribution in [2.45, 2.75) is 46.2 Å². The number of thiophene rings is 1. The van der Waals surface area contributed by atoms with Gasteiger partial charge < -0.3 is 10.6 Å². The van der Waals surface area contributed by atoms with Crippen molar-refractivity contribution in [3.63, 3.8) is 0 Å². The second-order valence-corrected chi connectivity index (χ2v) is 6.27. The zero-order chi connectivity index (χ0) is 12.9. The van der Waals surface area contributed by atoms with E-state index in [0.29, 0.717) is 6.54 Å². The maximum absolute atomic E-state index is 11.6. The van der Waals surface area contributed by atoms with Crippen LogP contribution >= 0.6 is 11.3 Å². The monoisotopic (exact) mass is 254 g/mol. The Labute approximate surface area is 108 Å². The van der Waals surface area contributed by atoms with Crippen molar-refractivity contribution >= 4 is 17.2 Å². The summed E-state index contributed by atoms with van der Waals surface area (Å²) < 4.78 is 0. The molecule has 1 rings (SSSR count). The fourth-order valence-corrected chi connectivity index (χ4v) is 2.25. The maximum atomic E-state index is 11.6. The molecule has 0 aliphatic carbocycles. The SMILES string of the molecule is CCC(C)(C)NC(=O)CNCc1ccc(C)s1. The Hall–Kier alpha value is -0.870. The topological polar surface area (TPSA) is 41.1 Å². The summed E-state index contributed by atoms with van der Waals surface area (Å²) >= 11 is 1.76. The van der Waals surface area contributed by atoms with Gasteiger partial charge in [-0.15, -0.1) is 11.3 Å². The molecule has 0 atom stereocenters. The summed E-state index contributed by atoms with van der Waals surface area (Å²) in [6.07, 6.45) is 0.933. The summed E-state index contributed by atoms with van der Waals surface area (Å²) in [7, 11) is 0. The number of hydrogen-bond acceptors (Lipinski definition) is 3. The van der Waals surface area contributed by atoms with Crippen LogP contribution in [0.15, 0.2) is 12.1 Å². The molecule has 0 saturated heterocycles. The largest absolute Gasteiger partial charge is 0.350 e. The number of aryl methyl sites for hydroxylation is 1. The summed E-state index contributed by atoms with van der Waals surface area (Å²) in [6, 6.07) is 4.20. The molecule has 0 spiro atoms. The minimum absolute atomic E-state index is 0.0603. The van der Waals surface area contributed by atoms with Crippen LogP contribution in [-0.2, 0) is 11.3 Å². The molecule has 0 bridgehead atoms. The lowest BCUT2D eigenvalue weighted by atomic mass is 10.0. The first kappa shape index (κ1) is 14.2. The number of amides is 1. The van der Waals surface area contributed by atoms with E-state index in [2.05, 4.69) is 36.6 Å². The van der Waals surface area contributed by atoms with E-state index < -0.39 is 0 Å². The minimum atomic E-state index is -0.113. The van der Waals surface area contributed by atoms with Gasteiger partial charge in [-0.1, -0.05) is 6.92 Å². The van der Waals surface area contributed by atoms with Gasteiger partial charge in [0.2, 0.25) is 5.91 Å². The van der Waals surface area contributed by atoms with Crippen LogP contribution in [0.25, 0.3) is 0 Å². The molecular formula is C13H22N2OS. The zero-order valence-electron chi connectivity index (χ0n) is 11.1. The fraction of sp³-hybridized carbons (Fsp3) is 0.615. The second-order valence-electron chi connectivity index (χ2n) is 4.90. The molecule has 1 amide bonds. The second kappa shape index (κ2) is 6.17. The molecule has 0 aromatic carbocycles. The van der Waals surface area contributed by atoms with Gasteiger partial charge in [-0.2, -0.15) is 0 Å². The summed E-state index contributed by atoms with van der Waals surface area (Å²) in [5, 5.41) is 6.16. The van der Waals surface area contributed by atoms with Crippen molar-refractivity contribution in [3.8, 4) is 0 Å². The molecule has 4 heteroatoms. The van der Waals surface area contributed by atoms with Crippen molar-refractivity contribution in [1.29, 1.82) is 0 Å². The van der Waals surface area contributed by atoms with E-state index in [0.717, 1.165) is 13.0 Å². The summed E-state index contributed by atoms with van der Waals surface area (Å²) in [5.74, 6) is 0.0603. The molecule has 0 fully saturated rings. The predicted octanol–water partition coefficient (Wildman–Crippen LogP) is 2.45. The Balaban J connectivity index is 2.25. The molecule has 1 aromatic heterocycles. The Morgan fingerprint density at radius 2 is 2.12 bits per heavy atom. The third-order valence-electron chi connectivity index (χ3n) is 2.74. The molecular weight excluding hydrogens is 232 g/mol. The number of rotatable bonds is 6. The third-order valence-corrected chi connectivity index (χ3v) is 3.74. The number of carbonyl (C=O) groups is 1. The third kappa shape index (κ3) is 5.33. The molecule has 0 radical (unpaired) electrons. The van der Waals surface area contributed by atoms with Crippen LogP contribution in [0.1, 0.15) is 36.9 Å². The summed E-state index contributed by atoms with van der Waals surface area (Å²) in [6.45, 7) is 9.37. The highest BCUT2D eigenvalue weighted by molar-refractivity contribution is 7.11. The normalized spacial score (nSPS) is 11.5. The highest BCUT2D eigenvalue weighted by Crippen LogP contribution is 2.14. The Kier molecular flexibility index (Phi) is 5.15. The predicted molar refractivity (Wildman–Crippen MR) is 73.3 cm³/mol. The first-order valence-corrected chi connectivity index (χ1v) is 6.81. The van der Waals surface area contributed by atoms with Gasteiger partial charge in [0.1, 0.15) is 0 Å². The Morgan fingerprint density at radius 3 is 2.65 bits per heavy atom. The van der Waals surface area contributed by atoms with Crippen LogP contribution in [0.5, 0.6) is 0 Å². The molecule has 2 N–H and O–H groups in total. The van der Waals surface area contributed by atoms with E-state index in [1.807, 2.05) is 13.8 Å². The molecule has 1 aromatic rings. The lowest BCUT2D eigenvalue weighted by Crippen LogP contribution is -2.46. The molecule has 0 aliphatic rings. The van der Waals surface area contributed by atoms with Crippen LogP contribution in [-0.4, -0.2) is 18.0 Å². The van der Waals surface area contributed by atoms with Crippen LogP contribution in [0.2, 0.25) is 0 Å². The molecule has 17 heavy (non-hydrogen) atoms. The average molecular weight is 254 g/mol. The van der Waals surface area contributed by atoms with E-state index in [-0.39, 0.29) is 11.4 Å². The standard InChI is InChI=1S/C13H22N2OS/c1-5-13(3,4)15-12(16)9-14-8-11-7-6-10(2)17-11/h6-7,14H,5,8-9H2,1-4H3,(H,15,16). The van der Waals surface area contributed by atoms with E-state index in [4.69, 9.17) is 0 Å². The van der Waals surface area contributed by atoms with E-state index in [1.165, 1.54) is 9.75 Å². The summed E-state index contributed by atoms with van der Waals surface area (Å²) in [5.41, 5.74) is -0.113. The smallest absolute Gasteiger partial charge is 0.234 e. The average Bonchev–Trinajstić information content (AvgIpc) is 2.63. The van der Waals surface area contributed by atoms with Crippen LogP contribution in [0, 0.1) is 6.92 Å². The van der Waals surface area contributed by atoms with Gasteiger partial charge in [-0.3, -0.25) is 4.79 Å². The molecule has 96 valence electrons. The van der Waals surface area contributed by atoms with Gasteiger partial charge in [0, 0.05) is 21.8 Å². The lowest BCUT2D eigenvalue weighted by Gasteiger charge is -2.24. The van der Waals surface area contributed by atoms with Crippen molar-refractivity contribution in [2.24, 2.45) is 0 Å². The quantitative estimate of drug-likeness (QED) is 0.818. The molecule has 0 unspecified atom stereocenters. The number of hydrogen-bond donors (Lipinski definition) is 2. The highest BCUT2D eigenvalue weighted by atomic mass is 32.1. The maximum Gasteiger partial charge on any atom is 0.234 e. The number of nitrogens with one attached hydrogen (secondary N) is 2. The highest BCUT2D eigenvalue weighted by Gasteiger charge is 2.17. The van der Waals surface area contributed by atoms with Crippen LogP contribution in [0.4, 0.5) is 0 Å². The van der Waals surface area contributed by atoms with E-state index in [1.54, 1.807) is 11.3 Å². The van der Waals surface area contributed by atoms with E-state index >= 15 is 0 Å². The minimum Gasteiger partial charge on any atom is -0.350 e. The van der Waals surface area contributed by atoms with Crippen LogP contribution in [0.3, 0.4) is 0 Å². The van der Waals surface area contributed by atoms with Crippen molar-refractivity contribution < 1.29 is 4.79 Å². The van der Waals surface area contributed by atoms with E-state index in [9.17, 15) is 4.79 Å². The fourth-order valence-electron chi connectivity index (χ4n) is 1.39. The molecule has 0 aliphatic heterocycles. The Bertz CT molecular complexity index is 371. The molecule has 1 heterocycles. The van der Waals surface area contributed by atoms with Crippen molar-refractivity contribution in [3.05, 3.63) is 21.9 Å². The van der Waals surface area contributed by atoms with Gasteiger partial charge in [0.05, 0.1) is 6.54 Å². The van der Waals surface area contributed by atoms with Crippen LogP contribution < -0.4 is 10.6 Å². The zero-order valence-corrected chi connectivity index (χ0v) is 11.9. The van der Waals surface area contributed by atoms with Gasteiger partial charge in [0.15, 0.2) is 0 Å². The van der Waals surface area contributed by atoms with Gasteiger partial charge in [-0.25, -0.2) is 0 Å². The van der Waals surface area contributed by atoms with Gasteiger partial charge in [-0.05, 0) is 39.3 Å². The Morgan fingerprint density at radius 1 is 1.41 bits per heavy atom. The number of carbonyl (C=O) groups excluding carboxylic acids is 1. The van der Waals surface area contributed by atoms with Gasteiger partial charge in [0.25, 0.3) is 0 Å². The van der Waals surface area contributed by atoms with Gasteiger partial charge >= 0.3 is 0 Å². The first-order valence-electron chi connectivity index (χ1n) is 6.00. The first-order chi connectivity index (χ1) is 7.93. The molecule has 3 nitrogen and oxygen atoms in total. The van der Waals surface area contributed by atoms with Crippen molar-refractivity contribution in [1.82, 2.24) is 10.6 Å².